The zero-order valence-electron chi connectivity index (χ0n) is 11.3. The van der Waals surface area contributed by atoms with Crippen molar-refractivity contribution in [1.82, 2.24) is 10.2 Å². The molecule has 6 nitrogen and oxygen atoms in total. The molecule has 0 aliphatic heterocycles. The molecule has 0 spiro atoms. The molecule has 0 aliphatic rings. The van der Waals surface area contributed by atoms with Gasteiger partial charge in [0.05, 0.1) is 12.7 Å². The summed E-state index contributed by atoms with van der Waals surface area (Å²) in [6.07, 6.45) is 0. The predicted octanol–water partition coefficient (Wildman–Crippen LogP) is 2.12. The molecule has 0 saturated carbocycles. The Balaban J connectivity index is 2.19. The second-order valence-corrected chi connectivity index (χ2v) is 6.34. The number of methoxy groups -OCH3 is 1. The van der Waals surface area contributed by atoms with Gasteiger partial charge in [-0.1, -0.05) is 23.1 Å². The van der Waals surface area contributed by atoms with Crippen molar-refractivity contribution in [3.8, 4) is 0 Å². The van der Waals surface area contributed by atoms with Gasteiger partial charge in [0.1, 0.15) is 0 Å². The summed E-state index contributed by atoms with van der Waals surface area (Å²) in [7, 11) is 5.16. The molecule has 0 saturated heterocycles. The van der Waals surface area contributed by atoms with Crippen LogP contribution in [0.25, 0.3) is 0 Å². The lowest BCUT2D eigenvalue weighted by Gasteiger charge is -2.05. The van der Waals surface area contributed by atoms with Crippen molar-refractivity contribution in [2.75, 3.05) is 31.8 Å². The Kier molecular flexibility index (Phi) is 4.46. The van der Waals surface area contributed by atoms with Gasteiger partial charge in [-0.15, -0.1) is 10.2 Å². The SMILES string of the molecule is COC(=O)c1ccc(Sc2nnc(N(C)C)s2)c(N)c1. The normalized spacial score (nSPS) is 10.3. The molecule has 0 radical (unpaired) electrons. The molecule has 1 aromatic carbocycles. The smallest absolute Gasteiger partial charge is 0.337 e. The van der Waals surface area contributed by atoms with Crippen LogP contribution in [0.1, 0.15) is 10.4 Å². The molecule has 2 rings (SSSR count). The largest absolute Gasteiger partial charge is 0.465 e. The Bertz CT molecular complexity index is 628. The van der Waals surface area contributed by atoms with E-state index in [0.717, 1.165) is 14.4 Å². The van der Waals surface area contributed by atoms with Crippen molar-refractivity contribution >= 4 is 39.9 Å². The highest BCUT2D eigenvalue weighted by Crippen LogP contribution is 2.36. The summed E-state index contributed by atoms with van der Waals surface area (Å²) in [4.78, 5) is 14.1. The van der Waals surface area contributed by atoms with Gasteiger partial charge in [-0.05, 0) is 18.2 Å². The van der Waals surface area contributed by atoms with Crippen molar-refractivity contribution in [3.63, 3.8) is 0 Å². The van der Waals surface area contributed by atoms with Crippen molar-refractivity contribution < 1.29 is 9.53 Å². The number of carbonyl (C=O) groups is 1. The van der Waals surface area contributed by atoms with Crippen LogP contribution >= 0.6 is 23.1 Å². The predicted molar refractivity (Wildman–Crippen MR) is 80.6 cm³/mol. The number of aromatic nitrogens is 2. The van der Waals surface area contributed by atoms with Crippen LogP contribution < -0.4 is 10.6 Å². The van der Waals surface area contributed by atoms with Crippen LogP contribution in [0.15, 0.2) is 27.4 Å². The zero-order chi connectivity index (χ0) is 14.7. The number of nitrogens with zero attached hydrogens (tertiary/aromatic N) is 3. The number of benzene rings is 1. The molecule has 0 unspecified atom stereocenters. The molecule has 0 bridgehead atoms. The number of hydrogen-bond acceptors (Lipinski definition) is 8. The Hall–Kier alpha value is -1.80. The lowest BCUT2D eigenvalue weighted by molar-refractivity contribution is 0.0600. The van der Waals surface area contributed by atoms with Crippen LogP contribution in [0.5, 0.6) is 0 Å². The fraction of sp³-hybridized carbons (Fsp3) is 0.250. The van der Waals surface area contributed by atoms with Crippen LogP contribution in [0.4, 0.5) is 10.8 Å². The standard InChI is InChI=1S/C12H14N4O2S2/c1-16(2)11-14-15-12(20-11)19-9-5-4-7(6-8(9)13)10(17)18-3/h4-6H,13H2,1-3H3. The van der Waals surface area contributed by atoms with E-state index in [-0.39, 0.29) is 0 Å². The van der Waals surface area contributed by atoms with Crippen LogP contribution in [-0.2, 0) is 4.74 Å². The Labute approximate surface area is 124 Å². The van der Waals surface area contributed by atoms with Gasteiger partial charge in [-0.3, -0.25) is 0 Å². The van der Waals surface area contributed by atoms with E-state index < -0.39 is 5.97 Å². The number of anilines is 2. The second kappa shape index (κ2) is 6.10. The van der Waals surface area contributed by atoms with E-state index in [4.69, 9.17) is 5.73 Å². The molecule has 0 fully saturated rings. The van der Waals surface area contributed by atoms with Crippen LogP contribution in [0.2, 0.25) is 0 Å². The highest BCUT2D eigenvalue weighted by atomic mass is 32.2. The van der Waals surface area contributed by atoms with E-state index in [9.17, 15) is 4.79 Å². The lowest BCUT2D eigenvalue weighted by Crippen LogP contribution is -2.07. The number of esters is 1. The molecule has 1 aromatic heterocycles. The van der Waals surface area contributed by atoms with Gasteiger partial charge in [0, 0.05) is 24.7 Å². The average molecular weight is 310 g/mol. The third kappa shape index (κ3) is 3.20. The average Bonchev–Trinajstić information content (AvgIpc) is 2.89. The molecule has 1 heterocycles. The van der Waals surface area contributed by atoms with Crippen molar-refractivity contribution in [3.05, 3.63) is 23.8 Å². The number of nitrogens with two attached hydrogens (primary N) is 1. The first kappa shape index (κ1) is 14.6. The van der Waals surface area contributed by atoms with Gasteiger partial charge in [-0.2, -0.15) is 0 Å². The van der Waals surface area contributed by atoms with Gasteiger partial charge in [-0.25, -0.2) is 4.79 Å². The fourth-order valence-electron chi connectivity index (χ4n) is 1.40. The van der Waals surface area contributed by atoms with Crippen LogP contribution in [0.3, 0.4) is 0 Å². The molecule has 0 atom stereocenters. The third-order valence-electron chi connectivity index (χ3n) is 2.41. The van der Waals surface area contributed by atoms with Gasteiger partial charge >= 0.3 is 5.97 Å². The maximum absolute atomic E-state index is 11.4. The summed E-state index contributed by atoms with van der Waals surface area (Å²) >= 11 is 2.90. The van der Waals surface area contributed by atoms with Gasteiger partial charge < -0.3 is 15.4 Å². The molecule has 0 amide bonds. The summed E-state index contributed by atoms with van der Waals surface area (Å²) < 4.78 is 5.45. The number of rotatable bonds is 4. The van der Waals surface area contributed by atoms with Gasteiger partial charge in [0.2, 0.25) is 5.13 Å². The van der Waals surface area contributed by atoms with Crippen LogP contribution in [-0.4, -0.2) is 37.4 Å². The summed E-state index contributed by atoms with van der Waals surface area (Å²) in [6.45, 7) is 0. The monoisotopic (exact) mass is 310 g/mol. The number of carbonyl (C=O) groups excluding carboxylic acids is 1. The Morgan fingerprint density at radius 1 is 1.40 bits per heavy atom. The summed E-state index contributed by atoms with van der Waals surface area (Å²) in [5.41, 5.74) is 6.89. The molecular formula is C12H14N4O2S2. The first-order valence-electron chi connectivity index (χ1n) is 5.67. The fourth-order valence-corrected chi connectivity index (χ4v) is 3.15. The third-order valence-corrected chi connectivity index (χ3v) is 4.64. The van der Waals surface area contributed by atoms with Crippen molar-refractivity contribution in [1.29, 1.82) is 0 Å². The molecular weight excluding hydrogens is 296 g/mol. The maximum atomic E-state index is 11.4. The highest BCUT2D eigenvalue weighted by molar-refractivity contribution is 8.01. The van der Waals surface area contributed by atoms with Gasteiger partial charge in [0.15, 0.2) is 4.34 Å². The second-order valence-electron chi connectivity index (χ2n) is 4.09. The first-order valence-corrected chi connectivity index (χ1v) is 7.31. The topological polar surface area (TPSA) is 81.3 Å². The number of hydrogen-bond donors (Lipinski definition) is 1. The zero-order valence-corrected chi connectivity index (χ0v) is 12.9. The maximum Gasteiger partial charge on any atom is 0.337 e. The molecule has 106 valence electrons. The molecule has 2 N–H and O–H groups in total. The van der Waals surface area contributed by atoms with E-state index >= 15 is 0 Å². The first-order chi connectivity index (χ1) is 9.51. The number of ether oxygens (including phenoxy) is 1. The van der Waals surface area contributed by atoms with E-state index in [1.165, 1.54) is 30.2 Å². The summed E-state index contributed by atoms with van der Waals surface area (Å²) in [5, 5.41) is 8.98. The van der Waals surface area contributed by atoms with E-state index in [2.05, 4.69) is 14.9 Å². The minimum absolute atomic E-state index is 0.404. The van der Waals surface area contributed by atoms with Crippen molar-refractivity contribution in [2.45, 2.75) is 9.24 Å². The van der Waals surface area contributed by atoms with Crippen LogP contribution in [0, 0.1) is 0 Å². The molecule has 8 heteroatoms. The van der Waals surface area contributed by atoms with Crippen molar-refractivity contribution in [2.24, 2.45) is 0 Å². The van der Waals surface area contributed by atoms with E-state index in [0.29, 0.717) is 11.3 Å². The highest BCUT2D eigenvalue weighted by Gasteiger charge is 2.12. The van der Waals surface area contributed by atoms with E-state index in [1.54, 1.807) is 18.2 Å². The summed E-state index contributed by atoms with van der Waals surface area (Å²) in [6, 6.07) is 5.06. The molecule has 20 heavy (non-hydrogen) atoms. The molecule has 0 aliphatic carbocycles. The van der Waals surface area contributed by atoms with Gasteiger partial charge in [0.25, 0.3) is 0 Å². The lowest BCUT2D eigenvalue weighted by atomic mass is 10.2. The van der Waals surface area contributed by atoms with E-state index in [1.807, 2.05) is 19.0 Å². The molecule has 2 aromatic rings. The minimum atomic E-state index is -0.404. The Morgan fingerprint density at radius 3 is 2.70 bits per heavy atom. The minimum Gasteiger partial charge on any atom is -0.465 e. The quantitative estimate of drug-likeness (QED) is 0.684. The summed E-state index contributed by atoms with van der Waals surface area (Å²) in [5.74, 6) is -0.404. The number of nitrogen functional groups attached to an aromatic ring is 1. The Morgan fingerprint density at radius 2 is 2.15 bits per heavy atom.